The van der Waals surface area contributed by atoms with Gasteiger partial charge >= 0.3 is 0 Å². The quantitative estimate of drug-likeness (QED) is 0.800. The van der Waals surface area contributed by atoms with Crippen molar-refractivity contribution in [2.45, 2.75) is 13.3 Å². The fourth-order valence-electron chi connectivity index (χ4n) is 1.81. The van der Waals surface area contributed by atoms with E-state index in [1.807, 2.05) is 31.2 Å². The average Bonchev–Trinajstić information content (AvgIpc) is 2.48. The number of nitrogen functional groups attached to an aromatic ring is 1. The third-order valence-electron chi connectivity index (χ3n) is 2.83. The molecule has 110 valence electrons. The molecule has 0 heterocycles. The van der Waals surface area contributed by atoms with Gasteiger partial charge < -0.3 is 15.8 Å². The molecule has 0 saturated carbocycles. The second kappa shape index (κ2) is 7.13. The maximum atomic E-state index is 12.4. The molecule has 0 bridgehead atoms. The monoisotopic (exact) mass is 348 g/mol. The molecule has 0 aromatic heterocycles. The van der Waals surface area contributed by atoms with Crippen LogP contribution in [0.25, 0.3) is 0 Å². The van der Waals surface area contributed by atoms with Gasteiger partial charge in [0.15, 0.2) is 0 Å². The van der Waals surface area contributed by atoms with Crippen molar-refractivity contribution in [2.24, 2.45) is 0 Å². The fourth-order valence-corrected chi connectivity index (χ4v) is 2.24. The van der Waals surface area contributed by atoms with Gasteiger partial charge in [0.2, 0.25) is 0 Å². The van der Waals surface area contributed by atoms with E-state index in [1.54, 1.807) is 18.2 Å². The molecule has 21 heavy (non-hydrogen) atoms. The number of amides is 1. The summed E-state index contributed by atoms with van der Waals surface area (Å²) in [6, 6.07) is 12.5. The number of nitrogens with one attached hydrogen (secondary N) is 1. The predicted octanol–water partition coefficient (Wildman–Crippen LogP) is 4.07. The summed E-state index contributed by atoms with van der Waals surface area (Å²) in [6.45, 7) is 2.64. The molecule has 0 aliphatic rings. The van der Waals surface area contributed by atoms with Gasteiger partial charge in [-0.2, -0.15) is 0 Å². The van der Waals surface area contributed by atoms with Crippen LogP contribution in [0.3, 0.4) is 0 Å². The van der Waals surface area contributed by atoms with E-state index in [1.165, 1.54) is 0 Å². The summed E-state index contributed by atoms with van der Waals surface area (Å²) in [5, 5.41) is 2.85. The van der Waals surface area contributed by atoms with Gasteiger partial charge in [-0.15, -0.1) is 0 Å². The lowest BCUT2D eigenvalue weighted by Gasteiger charge is -2.12. The minimum atomic E-state index is -0.235. The molecular weight excluding hydrogens is 332 g/mol. The molecule has 0 unspecified atom stereocenters. The molecule has 0 radical (unpaired) electrons. The Morgan fingerprint density at radius 2 is 2.05 bits per heavy atom. The molecule has 5 heteroatoms. The van der Waals surface area contributed by atoms with E-state index < -0.39 is 0 Å². The van der Waals surface area contributed by atoms with Crippen molar-refractivity contribution in [3.8, 4) is 5.75 Å². The molecule has 2 aromatic carbocycles. The molecule has 1 amide bonds. The molecule has 2 aromatic rings. The summed E-state index contributed by atoms with van der Waals surface area (Å²) in [4.78, 5) is 12.4. The van der Waals surface area contributed by atoms with Crippen LogP contribution in [0, 0.1) is 0 Å². The number of nitrogens with two attached hydrogens (primary N) is 1. The summed E-state index contributed by atoms with van der Waals surface area (Å²) in [7, 11) is 0. The van der Waals surface area contributed by atoms with E-state index in [9.17, 15) is 4.79 Å². The summed E-state index contributed by atoms with van der Waals surface area (Å²) in [5.74, 6) is 0.425. The number of hydrogen-bond donors (Lipinski definition) is 2. The summed E-state index contributed by atoms with van der Waals surface area (Å²) in [6.07, 6.45) is 0.906. The molecule has 0 spiro atoms. The van der Waals surface area contributed by atoms with E-state index in [0.29, 0.717) is 33.8 Å². The van der Waals surface area contributed by atoms with Gasteiger partial charge in [0.25, 0.3) is 5.91 Å². The van der Waals surface area contributed by atoms with Crippen LogP contribution < -0.4 is 15.8 Å². The predicted molar refractivity (Wildman–Crippen MR) is 88.7 cm³/mol. The molecule has 0 atom stereocenters. The van der Waals surface area contributed by atoms with Gasteiger partial charge in [0, 0.05) is 10.2 Å². The van der Waals surface area contributed by atoms with Crippen molar-refractivity contribution in [3.05, 3.63) is 52.5 Å². The normalized spacial score (nSPS) is 10.2. The Labute approximate surface area is 132 Å². The molecule has 4 nitrogen and oxygen atoms in total. The minimum absolute atomic E-state index is 0.235. The minimum Gasteiger partial charge on any atom is -0.491 e. The standard InChI is InChI=1S/C16H17BrN2O2/c1-2-9-21-15-6-4-3-5-14(15)19-16(20)12-10-11(18)7-8-13(12)17/h3-8,10H,2,9,18H2,1H3,(H,19,20). The number of carbonyl (C=O) groups excluding carboxylic acids is 1. The Morgan fingerprint density at radius 3 is 2.81 bits per heavy atom. The van der Waals surface area contributed by atoms with Crippen LogP contribution in [0.2, 0.25) is 0 Å². The van der Waals surface area contributed by atoms with Gasteiger partial charge in [0.05, 0.1) is 17.9 Å². The Balaban J connectivity index is 2.21. The van der Waals surface area contributed by atoms with Crippen molar-refractivity contribution in [1.29, 1.82) is 0 Å². The van der Waals surface area contributed by atoms with Crippen LogP contribution in [0.4, 0.5) is 11.4 Å². The van der Waals surface area contributed by atoms with Crippen LogP contribution in [-0.2, 0) is 0 Å². The number of anilines is 2. The molecular formula is C16H17BrN2O2. The molecule has 0 aliphatic carbocycles. The van der Waals surface area contributed by atoms with E-state index in [0.717, 1.165) is 6.42 Å². The highest BCUT2D eigenvalue weighted by atomic mass is 79.9. The van der Waals surface area contributed by atoms with Crippen molar-refractivity contribution in [2.75, 3.05) is 17.7 Å². The van der Waals surface area contributed by atoms with E-state index >= 15 is 0 Å². The number of ether oxygens (including phenoxy) is 1. The summed E-state index contributed by atoms with van der Waals surface area (Å²) in [5.41, 5.74) is 7.40. The smallest absolute Gasteiger partial charge is 0.256 e. The fraction of sp³-hybridized carbons (Fsp3) is 0.188. The lowest BCUT2D eigenvalue weighted by atomic mass is 10.2. The topological polar surface area (TPSA) is 64.3 Å². The molecule has 2 rings (SSSR count). The Bertz CT molecular complexity index is 644. The van der Waals surface area contributed by atoms with E-state index in [-0.39, 0.29) is 5.91 Å². The molecule has 0 fully saturated rings. The number of halogens is 1. The third kappa shape index (κ3) is 3.98. The summed E-state index contributed by atoms with van der Waals surface area (Å²) < 4.78 is 6.32. The Morgan fingerprint density at radius 1 is 1.29 bits per heavy atom. The lowest BCUT2D eigenvalue weighted by molar-refractivity contribution is 0.102. The second-order valence-electron chi connectivity index (χ2n) is 4.54. The number of rotatable bonds is 5. The Hall–Kier alpha value is -2.01. The van der Waals surface area contributed by atoms with Crippen molar-refractivity contribution >= 4 is 33.2 Å². The summed E-state index contributed by atoms with van der Waals surface area (Å²) >= 11 is 3.36. The van der Waals surface area contributed by atoms with E-state index in [4.69, 9.17) is 10.5 Å². The van der Waals surface area contributed by atoms with Gasteiger partial charge in [-0.3, -0.25) is 4.79 Å². The zero-order valence-electron chi connectivity index (χ0n) is 11.7. The maximum absolute atomic E-state index is 12.4. The molecule has 0 aliphatic heterocycles. The highest BCUT2D eigenvalue weighted by molar-refractivity contribution is 9.10. The van der Waals surface area contributed by atoms with Crippen LogP contribution in [0.15, 0.2) is 46.9 Å². The van der Waals surface area contributed by atoms with Crippen LogP contribution in [-0.4, -0.2) is 12.5 Å². The number of carbonyl (C=O) groups is 1. The average molecular weight is 349 g/mol. The van der Waals surface area contributed by atoms with Crippen molar-refractivity contribution in [1.82, 2.24) is 0 Å². The number of benzene rings is 2. The number of hydrogen-bond acceptors (Lipinski definition) is 3. The van der Waals surface area contributed by atoms with Crippen molar-refractivity contribution < 1.29 is 9.53 Å². The lowest BCUT2D eigenvalue weighted by Crippen LogP contribution is -2.14. The van der Waals surface area contributed by atoms with Crippen LogP contribution in [0.1, 0.15) is 23.7 Å². The maximum Gasteiger partial charge on any atom is 0.256 e. The Kier molecular flexibility index (Phi) is 5.22. The highest BCUT2D eigenvalue weighted by Crippen LogP contribution is 2.26. The molecule has 3 N–H and O–H groups in total. The third-order valence-corrected chi connectivity index (χ3v) is 3.52. The first-order valence-corrected chi connectivity index (χ1v) is 7.49. The SMILES string of the molecule is CCCOc1ccccc1NC(=O)c1cc(N)ccc1Br. The second-order valence-corrected chi connectivity index (χ2v) is 5.39. The first-order valence-electron chi connectivity index (χ1n) is 6.70. The van der Waals surface area contributed by atoms with Crippen LogP contribution >= 0.6 is 15.9 Å². The van der Waals surface area contributed by atoms with Crippen LogP contribution in [0.5, 0.6) is 5.75 Å². The zero-order chi connectivity index (χ0) is 15.2. The molecule has 0 saturated heterocycles. The number of para-hydroxylation sites is 2. The first-order chi connectivity index (χ1) is 10.1. The zero-order valence-corrected chi connectivity index (χ0v) is 13.3. The highest BCUT2D eigenvalue weighted by Gasteiger charge is 2.13. The van der Waals surface area contributed by atoms with Gasteiger partial charge in [-0.05, 0) is 52.7 Å². The van der Waals surface area contributed by atoms with Gasteiger partial charge in [0.1, 0.15) is 5.75 Å². The van der Waals surface area contributed by atoms with Crippen molar-refractivity contribution in [3.63, 3.8) is 0 Å². The van der Waals surface area contributed by atoms with Gasteiger partial charge in [-0.25, -0.2) is 0 Å². The first kappa shape index (κ1) is 15.4. The van der Waals surface area contributed by atoms with Gasteiger partial charge in [-0.1, -0.05) is 19.1 Å². The largest absolute Gasteiger partial charge is 0.491 e. The van der Waals surface area contributed by atoms with E-state index in [2.05, 4.69) is 21.2 Å².